The van der Waals surface area contributed by atoms with E-state index < -0.39 is 0 Å². The van der Waals surface area contributed by atoms with E-state index in [1.807, 2.05) is 21.7 Å². The molecule has 1 fully saturated rings. The molecule has 1 saturated heterocycles. The Morgan fingerprint density at radius 2 is 1.83 bits per heavy atom. The van der Waals surface area contributed by atoms with Crippen molar-refractivity contribution >= 4 is 34.6 Å². The first-order valence-electron chi connectivity index (χ1n) is 7.58. The van der Waals surface area contributed by atoms with Gasteiger partial charge in [0, 0.05) is 18.5 Å². The van der Waals surface area contributed by atoms with Crippen molar-refractivity contribution in [1.82, 2.24) is 9.88 Å². The van der Waals surface area contributed by atoms with Gasteiger partial charge in [-0.25, -0.2) is 9.78 Å². The lowest BCUT2D eigenvalue weighted by atomic mass is 10.1. The van der Waals surface area contributed by atoms with Gasteiger partial charge in [-0.3, -0.25) is 4.79 Å². The van der Waals surface area contributed by atoms with E-state index in [9.17, 15) is 9.59 Å². The number of thiophene rings is 1. The minimum absolute atomic E-state index is 0.0426. The number of pyridine rings is 1. The lowest BCUT2D eigenvalue weighted by Crippen LogP contribution is -2.36. The molecule has 23 heavy (non-hydrogen) atoms. The highest BCUT2D eigenvalue weighted by Crippen LogP contribution is 2.15. The number of carbonyl (C=O) groups is 2. The lowest BCUT2D eigenvalue weighted by molar-refractivity contribution is 0.0718. The first-order chi connectivity index (χ1) is 11.2. The van der Waals surface area contributed by atoms with E-state index in [2.05, 4.69) is 15.6 Å². The minimum Gasteiger partial charge on any atom is -0.337 e. The van der Waals surface area contributed by atoms with Gasteiger partial charge in [0.2, 0.25) is 0 Å². The summed E-state index contributed by atoms with van der Waals surface area (Å²) >= 11 is 1.51. The highest BCUT2D eigenvalue weighted by molar-refractivity contribution is 7.08. The van der Waals surface area contributed by atoms with Gasteiger partial charge in [-0.1, -0.05) is 0 Å². The Kier molecular flexibility index (Phi) is 4.87. The van der Waals surface area contributed by atoms with Crippen LogP contribution in [0, 0.1) is 0 Å². The quantitative estimate of drug-likeness (QED) is 0.905. The van der Waals surface area contributed by atoms with Crippen LogP contribution in [0.4, 0.5) is 16.2 Å². The Balaban J connectivity index is 1.58. The molecule has 2 aromatic heterocycles. The zero-order valence-electron chi connectivity index (χ0n) is 12.6. The van der Waals surface area contributed by atoms with Crippen LogP contribution in [0.15, 0.2) is 35.2 Å². The second kappa shape index (κ2) is 7.23. The maximum atomic E-state index is 12.3. The number of hydrogen-bond donors (Lipinski definition) is 2. The van der Waals surface area contributed by atoms with Gasteiger partial charge in [-0.15, -0.1) is 0 Å². The molecule has 3 heterocycles. The number of piperidine rings is 1. The number of hydrogen-bond acceptors (Lipinski definition) is 4. The zero-order valence-corrected chi connectivity index (χ0v) is 13.4. The molecule has 120 valence electrons. The van der Waals surface area contributed by atoms with Crippen molar-refractivity contribution in [2.75, 3.05) is 23.7 Å². The number of carbonyl (C=O) groups excluding carboxylic acids is 2. The molecule has 2 aromatic rings. The van der Waals surface area contributed by atoms with Crippen molar-refractivity contribution in [3.8, 4) is 0 Å². The third kappa shape index (κ3) is 4.07. The average molecular weight is 330 g/mol. The van der Waals surface area contributed by atoms with E-state index in [0.29, 0.717) is 11.4 Å². The lowest BCUT2D eigenvalue weighted by Gasteiger charge is -2.26. The normalized spacial score (nSPS) is 14.3. The minimum atomic E-state index is -0.333. The standard InChI is InChI=1S/C16H18N4O2S/c21-15(20-7-2-1-3-8-20)14-5-4-12(10-17-14)18-16(22)19-13-6-9-23-11-13/h4-6,9-11H,1-3,7-8H2,(H2,18,19,22). The molecule has 3 amide bonds. The largest absolute Gasteiger partial charge is 0.337 e. The molecule has 0 atom stereocenters. The molecule has 0 aromatic carbocycles. The smallest absolute Gasteiger partial charge is 0.323 e. The van der Waals surface area contributed by atoms with Crippen molar-refractivity contribution < 1.29 is 9.59 Å². The van der Waals surface area contributed by atoms with Gasteiger partial charge in [0.15, 0.2) is 0 Å². The Labute approximate surface area is 138 Å². The van der Waals surface area contributed by atoms with Gasteiger partial charge < -0.3 is 15.5 Å². The first kappa shape index (κ1) is 15.5. The number of urea groups is 1. The molecule has 6 nitrogen and oxygen atoms in total. The maximum absolute atomic E-state index is 12.3. The van der Waals surface area contributed by atoms with Crippen LogP contribution in [0.3, 0.4) is 0 Å². The van der Waals surface area contributed by atoms with Crippen molar-refractivity contribution in [2.45, 2.75) is 19.3 Å². The summed E-state index contributed by atoms with van der Waals surface area (Å²) in [5.41, 5.74) is 1.71. The average Bonchev–Trinajstić information content (AvgIpc) is 3.08. The van der Waals surface area contributed by atoms with E-state index in [1.165, 1.54) is 24.0 Å². The van der Waals surface area contributed by atoms with Crippen LogP contribution in [0.2, 0.25) is 0 Å². The fourth-order valence-electron chi connectivity index (χ4n) is 2.48. The Hall–Kier alpha value is -2.41. The fourth-order valence-corrected chi connectivity index (χ4v) is 3.07. The summed E-state index contributed by atoms with van der Waals surface area (Å²) in [6, 6.07) is 4.83. The van der Waals surface area contributed by atoms with Gasteiger partial charge >= 0.3 is 6.03 Å². The van der Waals surface area contributed by atoms with Gasteiger partial charge in [0.1, 0.15) is 5.69 Å². The SMILES string of the molecule is O=C(Nc1ccc(C(=O)N2CCCCC2)nc1)Nc1ccsc1. The first-order valence-corrected chi connectivity index (χ1v) is 8.52. The Bertz CT molecular complexity index is 664. The number of rotatable bonds is 3. The summed E-state index contributed by atoms with van der Waals surface area (Å²) in [4.78, 5) is 30.1. The summed E-state index contributed by atoms with van der Waals surface area (Å²) in [7, 11) is 0. The molecule has 0 spiro atoms. The molecular weight excluding hydrogens is 312 g/mol. The van der Waals surface area contributed by atoms with Crippen molar-refractivity contribution in [1.29, 1.82) is 0 Å². The molecule has 1 aliphatic heterocycles. The van der Waals surface area contributed by atoms with Crippen LogP contribution < -0.4 is 10.6 Å². The van der Waals surface area contributed by atoms with Gasteiger partial charge in [0.25, 0.3) is 5.91 Å². The summed E-state index contributed by atoms with van der Waals surface area (Å²) in [5.74, 6) is -0.0426. The van der Waals surface area contributed by atoms with Gasteiger partial charge in [0.05, 0.1) is 17.6 Å². The summed E-state index contributed by atoms with van der Waals surface area (Å²) in [5, 5.41) is 9.14. The number of nitrogens with zero attached hydrogens (tertiary/aromatic N) is 2. The molecule has 0 aliphatic carbocycles. The number of nitrogens with one attached hydrogen (secondary N) is 2. The molecule has 0 unspecified atom stereocenters. The predicted octanol–water partition coefficient (Wildman–Crippen LogP) is 3.41. The molecule has 0 radical (unpaired) electrons. The summed E-state index contributed by atoms with van der Waals surface area (Å²) < 4.78 is 0. The second-order valence-corrected chi connectivity index (χ2v) is 6.16. The van der Waals surface area contributed by atoms with Crippen LogP contribution in [-0.2, 0) is 0 Å². The van der Waals surface area contributed by atoms with Gasteiger partial charge in [-0.05, 0) is 42.8 Å². The highest BCUT2D eigenvalue weighted by atomic mass is 32.1. The van der Waals surface area contributed by atoms with Crippen molar-refractivity contribution in [2.24, 2.45) is 0 Å². The third-order valence-electron chi connectivity index (χ3n) is 3.66. The topological polar surface area (TPSA) is 74.3 Å². The second-order valence-electron chi connectivity index (χ2n) is 5.38. The third-order valence-corrected chi connectivity index (χ3v) is 4.35. The summed E-state index contributed by atoms with van der Waals surface area (Å²) in [6.07, 6.45) is 4.78. The highest BCUT2D eigenvalue weighted by Gasteiger charge is 2.19. The summed E-state index contributed by atoms with van der Waals surface area (Å²) in [6.45, 7) is 1.59. The van der Waals surface area contributed by atoms with Crippen LogP contribution in [0.25, 0.3) is 0 Å². The van der Waals surface area contributed by atoms with Crippen molar-refractivity contribution in [3.63, 3.8) is 0 Å². The van der Waals surface area contributed by atoms with Crippen LogP contribution in [0.1, 0.15) is 29.8 Å². The van der Waals surface area contributed by atoms with E-state index in [-0.39, 0.29) is 11.9 Å². The van der Waals surface area contributed by atoms with E-state index in [4.69, 9.17) is 0 Å². The monoisotopic (exact) mass is 330 g/mol. The predicted molar refractivity (Wildman–Crippen MR) is 91.0 cm³/mol. The Morgan fingerprint density at radius 3 is 2.48 bits per heavy atom. The number of aromatic nitrogens is 1. The molecule has 0 bridgehead atoms. The molecule has 3 rings (SSSR count). The maximum Gasteiger partial charge on any atom is 0.323 e. The zero-order chi connectivity index (χ0) is 16.1. The number of amides is 3. The van der Waals surface area contributed by atoms with Crippen LogP contribution in [0.5, 0.6) is 0 Å². The van der Waals surface area contributed by atoms with E-state index >= 15 is 0 Å². The van der Waals surface area contributed by atoms with Crippen LogP contribution in [-0.4, -0.2) is 34.9 Å². The molecule has 2 N–H and O–H groups in total. The van der Waals surface area contributed by atoms with E-state index in [0.717, 1.165) is 31.6 Å². The fraction of sp³-hybridized carbons (Fsp3) is 0.312. The van der Waals surface area contributed by atoms with E-state index in [1.54, 1.807) is 12.1 Å². The molecule has 7 heteroatoms. The number of anilines is 2. The van der Waals surface area contributed by atoms with Gasteiger partial charge in [-0.2, -0.15) is 11.3 Å². The number of likely N-dealkylation sites (tertiary alicyclic amines) is 1. The van der Waals surface area contributed by atoms with Crippen LogP contribution >= 0.6 is 11.3 Å². The van der Waals surface area contributed by atoms with Crippen molar-refractivity contribution in [3.05, 3.63) is 40.8 Å². The Morgan fingerprint density at radius 1 is 1.04 bits per heavy atom. The molecule has 1 aliphatic rings. The molecular formula is C16H18N4O2S. The molecule has 0 saturated carbocycles.